The molecule has 0 heterocycles. The Labute approximate surface area is 110 Å². The van der Waals surface area contributed by atoms with Crippen LogP contribution in [0.3, 0.4) is 0 Å². The summed E-state index contributed by atoms with van der Waals surface area (Å²) < 4.78 is 5.22. The van der Waals surface area contributed by atoms with Crippen molar-refractivity contribution in [2.45, 2.75) is 33.6 Å². The minimum absolute atomic E-state index is 0.225. The maximum Gasteiger partial charge on any atom is 0.121 e. The van der Waals surface area contributed by atoms with Gasteiger partial charge in [-0.2, -0.15) is 5.26 Å². The largest absolute Gasteiger partial charge is 0.496 e. The van der Waals surface area contributed by atoms with Crippen molar-refractivity contribution in [1.29, 1.82) is 5.26 Å². The van der Waals surface area contributed by atoms with Gasteiger partial charge in [0.2, 0.25) is 0 Å². The SMILES string of the molecule is COc1ccc(NCCCC(C)(C)C#N)cc1C. The summed E-state index contributed by atoms with van der Waals surface area (Å²) in [5, 5.41) is 12.3. The van der Waals surface area contributed by atoms with Crippen molar-refractivity contribution in [2.75, 3.05) is 19.0 Å². The minimum atomic E-state index is -0.225. The van der Waals surface area contributed by atoms with E-state index in [4.69, 9.17) is 10.00 Å². The van der Waals surface area contributed by atoms with E-state index in [1.807, 2.05) is 32.9 Å². The van der Waals surface area contributed by atoms with E-state index in [1.165, 1.54) is 0 Å². The summed E-state index contributed by atoms with van der Waals surface area (Å²) in [5.74, 6) is 0.908. The third kappa shape index (κ3) is 4.29. The molecule has 0 atom stereocenters. The number of rotatable bonds is 6. The van der Waals surface area contributed by atoms with Gasteiger partial charge in [0.1, 0.15) is 5.75 Å². The molecule has 1 N–H and O–H groups in total. The molecule has 0 saturated heterocycles. The van der Waals surface area contributed by atoms with Crippen molar-refractivity contribution in [2.24, 2.45) is 5.41 Å². The van der Waals surface area contributed by atoms with E-state index < -0.39 is 0 Å². The molecule has 0 amide bonds. The zero-order chi connectivity index (χ0) is 13.6. The standard InChI is InChI=1S/C15H22N2O/c1-12-10-13(6-7-14(12)18-4)17-9-5-8-15(2,3)11-16/h6-7,10,17H,5,8-9H2,1-4H3. The lowest BCUT2D eigenvalue weighted by atomic mass is 9.90. The van der Waals surface area contributed by atoms with Crippen LogP contribution in [0.4, 0.5) is 5.69 Å². The number of nitrogens with one attached hydrogen (secondary N) is 1. The van der Waals surface area contributed by atoms with Gasteiger partial charge in [0.25, 0.3) is 0 Å². The second kappa shape index (κ2) is 6.30. The average molecular weight is 246 g/mol. The molecule has 1 rings (SSSR count). The highest BCUT2D eigenvalue weighted by Crippen LogP contribution is 2.23. The number of aryl methyl sites for hydroxylation is 1. The van der Waals surface area contributed by atoms with Gasteiger partial charge in [0, 0.05) is 12.2 Å². The second-order valence-corrected chi connectivity index (χ2v) is 5.21. The van der Waals surface area contributed by atoms with E-state index in [-0.39, 0.29) is 5.41 Å². The van der Waals surface area contributed by atoms with Crippen LogP contribution in [-0.2, 0) is 0 Å². The summed E-state index contributed by atoms with van der Waals surface area (Å²) in [4.78, 5) is 0. The molecule has 0 spiro atoms. The number of hydrogen-bond acceptors (Lipinski definition) is 3. The maximum absolute atomic E-state index is 8.92. The first-order chi connectivity index (χ1) is 8.48. The normalized spacial score (nSPS) is 10.8. The van der Waals surface area contributed by atoms with Crippen LogP contribution in [0.2, 0.25) is 0 Å². The topological polar surface area (TPSA) is 45.0 Å². The summed E-state index contributed by atoms with van der Waals surface area (Å²) in [7, 11) is 1.68. The molecule has 18 heavy (non-hydrogen) atoms. The Morgan fingerprint density at radius 3 is 2.67 bits per heavy atom. The van der Waals surface area contributed by atoms with Crippen molar-refractivity contribution in [1.82, 2.24) is 0 Å². The molecular formula is C15H22N2O. The van der Waals surface area contributed by atoms with Crippen LogP contribution in [0.15, 0.2) is 18.2 Å². The van der Waals surface area contributed by atoms with Crippen molar-refractivity contribution >= 4 is 5.69 Å². The molecule has 0 aromatic heterocycles. The Morgan fingerprint density at radius 2 is 2.11 bits per heavy atom. The lowest BCUT2D eigenvalue weighted by Gasteiger charge is -2.15. The van der Waals surface area contributed by atoms with Gasteiger partial charge >= 0.3 is 0 Å². The van der Waals surface area contributed by atoms with Gasteiger partial charge < -0.3 is 10.1 Å². The van der Waals surface area contributed by atoms with Crippen molar-refractivity contribution in [3.63, 3.8) is 0 Å². The van der Waals surface area contributed by atoms with Crippen LogP contribution in [0, 0.1) is 23.7 Å². The Morgan fingerprint density at radius 1 is 1.39 bits per heavy atom. The van der Waals surface area contributed by atoms with E-state index in [2.05, 4.69) is 17.5 Å². The lowest BCUT2D eigenvalue weighted by molar-refractivity contribution is 0.412. The Bertz CT molecular complexity index is 433. The zero-order valence-corrected chi connectivity index (χ0v) is 11.7. The van der Waals surface area contributed by atoms with Crippen LogP contribution >= 0.6 is 0 Å². The van der Waals surface area contributed by atoms with Crippen LogP contribution in [0.1, 0.15) is 32.3 Å². The zero-order valence-electron chi connectivity index (χ0n) is 11.7. The van der Waals surface area contributed by atoms with Crippen LogP contribution in [-0.4, -0.2) is 13.7 Å². The average Bonchev–Trinajstić information content (AvgIpc) is 2.35. The van der Waals surface area contributed by atoms with Crippen LogP contribution in [0.5, 0.6) is 5.75 Å². The maximum atomic E-state index is 8.92. The van der Waals surface area contributed by atoms with Gasteiger partial charge in [-0.05, 0) is 57.4 Å². The third-order valence-electron chi connectivity index (χ3n) is 3.01. The molecule has 0 aliphatic heterocycles. The molecule has 0 bridgehead atoms. The van der Waals surface area contributed by atoms with E-state index in [9.17, 15) is 0 Å². The molecule has 0 radical (unpaired) electrons. The van der Waals surface area contributed by atoms with Gasteiger partial charge in [-0.25, -0.2) is 0 Å². The number of benzene rings is 1. The number of nitriles is 1. The molecule has 0 aliphatic rings. The summed E-state index contributed by atoms with van der Waals surface area (Å²) in [6, 6.07) is 8.38. The second-order valence-electron chi connectivity index (χ2n) is 5.21. The number of methoxy groups -OCH3 is 1. The molecule has 1 aromatic carbocycles. The first-order valence-electron chi connectivity index (χ1n) is 6.28. The molecule has 3 nitrogen and oxygen atoms in total. The highest BCUT2D eigenvalue weighted by molar-refractivity contribution is 5.50. The fourth-order valence-corrected chi connectivity index (χ4v) is 1.81. The van der Waals surface area contributed by atoms with E-state index in [1.54, 1.807) is 7.11 Å². The summed E-state index contributed by atoms with van der Waals surface area (Å²) in [6.45, 7) is 6.87. The fourth-order valence-electron chi connectivity index (χ4n) is 1.81. The molecule has 98 valence electrons. The van der Waals surface area contributed by atoms with E-state index in [0.29, 0.717) is 0 Å². The number of nitrogens with zero attached hydrogens (tertiary/aromatic N) is 1. The monoisotopic (exact) mass is 246 g/mol. The summed E-state index contributed by atoms with van der Waals surface area (Å²) in [6.07, 6.45) is 1.90. The number of hydrogen-bond donors (Lipinski definition) is 1. The lowest BCUT2D eigenvalue weighted by Crippen LogP contribution is -2.11. The quantitative estimate of drug-likeness (QED) is 0.777. The predicted molar refractivity (Wildman–Crippen MR) is 74.8 cm³/mol. The third-order valence-corrected chi connectivity index (χ3v) is 3.01. The number of anilines is 1. The van der Waals surface area contributed by atoms with Crippen molar-refractivity contribution < 1.29 is 4.74 Å². The Hall–Kier alpha value is -1.69. The molecule has 1 aromatic rings. The highest BCUT2D eigenvalue weighted by Gasteiger charge is 2.15. The Kier molecular flexibility index (Phi) is 5.03. The highest BCUT2D eigenvalue weighted by atomic mass is 16.5. The van der Waals surface area contributed by atoms with E-state index >= 15 is 0 Å². The van der Waals surface area contributed by atoms with Gasteiger partial charge in [-0.15, -0.1) is 0 Å². The first kappa shape index (κ1) is 14.4. The summed E-state index contributed by atoms with van der Waals surface area (Å²) >= 11 is 0. The first-order valence-corrected chi connectivity index (χ1v) is 6.28. The van der Waals surface area contributed by atoms with Crippen molar-refractivity contribution in [3.8, 4) is 11.8 Å². The smallest absolute Gasteiger partial charge is 0.121 e. The van der Waals surface area contributed by atoms with Gasteiger partial charge in [0.05, 0.1) is 18.6 Å². The fraction of sp³-hybridized carbons (Fsp3) is 0.533. The molecule has 0 aliphatic carbocycles. The molecule has 0 saturated carbocycles. The minimum Gasteiger partial charge on any atom is -0.496 e. The molecule has 0 fully saturated rings. The van der Waals surface area contributed by atoms with Crippen LogP contribution in [0.25, 0.3) is 0 Å². The summed E-state index contributed by atoms with van der Waals surface area (Å²) in [5.41, 5.74) is 2.00. The van der Waals surface area contributed by atoms with Gasteiger partial charge in [-0.1, -0.05) is 0 Å². The van der Waals surface area contributed by atoms with Crippen LogP contribution < -0.4 is 10.1 Å². The Balaban J connectivity index is 2.41. The predicted octanol–water partition coefficient (Wildman–Crippen LogP) is 3.75. The molecule has 3 heteroatoms. The van der Waals surface area contributed by atoms with E-state index in [0.717, 1.165) is 36.4 Å². The van der Waals surface area contributed by atoms with Gasteiger partial charge in [0.15, 0.2) is 0 Å². The molecular weight excluding hydrogens is 224 g/mol. The molecule has 0 unspecified atom stereocenters. The van der Waals surface area contributed by atoms with Gasteiger partial charge in [-0.3, -0.25) is 0 Å². The number of ether oxygens (including phenoxy) is 1. The van der Waals surface area contributed by atoms with Crippen molar-refractivity contribution in [3.05, 3.63) is 23.8 Å².